The SMILES string of the molecule is CSc1ccc(Cl)c(C(=O)O[C@@H](C(=O)N(C)C)c2ccccc2)c1. The molecule has 0 saturated heterocycles. The summed E-state index contributed by atoms with van der Waals surface area (Å²) in [6.45, 7) is 0. The third-order valence-corrected chi connectivity index (χ3v) is 4.44. The van der Waals surface area contributed by atoms with Crippen molar-refractivity contribution in [1.29, 1.82) is 0 Å². The van der Waals surface area contributed by atoms with Crippen molar-refractivity contribution in [3.63, 3.8) is 0 Å². The number of thioether (sulfide) groups is 1. The number of amides is 1. The van der Waals surface area contributed by atoms with E-state index in [0.29, 0.717) is 10.6 Å². The summed E-state index contributed by atoms with van der Waals surface area (Å²) in [6, 6.07) is 14.1. The average molecular weight is 364 g/mol. The summed E-state index contributed by atoms with van der Waals surface area (Å²) < 4.78 is 5.50. The Morgan fingerprint density at radius 3 is 2.38 bits per heavy atom. The molecule has 0 aliphatic rings. The zero-order chi connectivity index (χ0) is 17.7. The quantitative estimate of drug-likeness (QED) is 0.594. The van der Waals surface area contributed by atoms with Crippen LogP contribution in [0.1, 0.15) is 22.0 Å². The highest BCUT2D eigenvalue weighted by atomic mass is 35.5. The van der Waals surface area contributed by atoms with E-state index < -0.39 is 12.1 Å². The Hall–Kier alpha value is -1.98. The summed E-state index contributed by atoms with van der Waals surface area (Å²) in [6.07, 6.45) is 0.892. The van der Waals surface area contributed by atoms with Gasteiger partial charge in [0.1, 0.15) is 0 Å². The number of esters is 1. The molecule has 0 radical (unpaired) electrons. The average Bonchev–Trinajstić information content (AvgIpc) is 2.60. The first-order valence-corrected chi connectivity index (χ1v) is 8.85. The van der Waals surface area contributed by atoms with Gasteiger partial charge in [-0.2, -0.15) is 0 Å². The van der Waals surface area contributed by atoms with Crippen molar-refractivity contribution in [2.24, 2.45) is 0 Å². The van der Waals surface area contributed by atoms with Crippen LogP contribution < -0.4 is 0 Å². The molecule has 1 atom stereocenters. The van der Waals surface area contributed by atoms with E-state index in [1.165, 1.54) is 16.7 Å². The maximum atomic E-state index is 12.6. The van der Waals surface area contributed by atoms with Crippen LogP contribution in [0, 0.1) is 0 Å². The van der Waals surface area contributed by atoms with Crippen LogP contribution >= 0.6 is 23.4 Å². The Morgan fingerprint density at radius 2 is 1.79 bits per heavy atom. The number of nitrogens with zero attached hydrogens (tertiary/aromatic N) is 1. The highest BCUT2D eigenvalue weighted by molar-refractivity contribution is 7.98. The van der Waals surface area contributed by atoms with Crippen LogP contribution in [0.4, 0.5) is 0 Å². The third-order valence-electron chi connectivity index (χ3n) is 3.39. The van der Waals surface area contributed by atoms with Gasteiger partial charge in [0.2, 0.25) is 6.10 Å². The first kappa shape index (κ1) is 18.4. The Labute approximate surface area is 150 Å². The standard InChI is InChI=1S/C18H18ClNO3S/c1-20(2)17(21)16(12-7-5-4-6-8-12)23-18(22)14-11-13(24-3)9-10-15(14)19/h4-11,16H,1-3H3/t16-/m1/s1. The van der Waals surface area contributed by atoms with Gasteiger partial charge < -0.3 is 9.64 Å². The van der Waals surface area contributed by atoms with E-state index in [1.54, 1.807) is 50.5 Å². The van der Waals surface area contributed by atoms with E-state index in [-0.39, 0.29) is 11.5 Å². The van der Waals surface area contributed by atoms with Crippen LogP contribution in [-0.4, -0.2) is 37.1 Å². The van der Waals surface area contributed by atoms with Crippen molar-refractivity contribution in [3.05, 3.63) is 64.7 Å². The molecule has 0 saturated carbocycles. The van der Waals surface area contributed by atoms with Gasteiger partial charge in [-0.3, -0.25) is 4.79 Å². The Morgan fingerprint density at radius 1 is 1.12 bits per heavy atom. The monoisotopic (exact) mass is 363 g/mol. The lowest BCUT2D eigenvalue weighted by Crippen LogP contribution is -2.31. The second-order valence-electron chi connectivity index (χ2n) is 5.27. The predicted octanol–water partition coefficient (Wildman–Crippen LogP) is 4.05. The molecule has 0 fully saturated rings. The van der Waals surface area contributed by atoms with Gasteiger partial charge in [-0.15, -0.1) is 11.8 Å². The molecule has 0 aliphatic carbocycles. The summed E-state index contributed by atoms with van der Waals surface area (Å²) >= 11 is 7.61. The molecule has 126 valence electrons. The van der Waals surface area contributed by atoms with E-state index in [0.717, 1.165) is 4.90 Å². The Kier molecular flexibility index (Phi) is 6.29. The van der Waals surface area contributed by atoms with Gasteiger partial charge in [0.15, 0.2) is 0 Å². The molecule has 6 heteroatoms. The minimum atomic E-state index is -1.01. The van der Waals surface area contributed by atoms with Crippen molar-refractivity contribution in [1.82, 2.24) is 4.90 Å². The van der Waals surface area contributed by atoms with Crippen molar-refractivity contribution in [2.45, 2.75) is 11.0 Å². The smallest absolute Gasteiger partial charge is 0.340 e. The lowest BCUT2D eigenvalue weighted by Gasteiger charge is -2.21. The van der Waals surface area contributed by atoms with Gasteiger partial charge in [0.25, 0.3) is 5.91 Å². The number of likely N-dealkylation sites (N-methyl/N-ethyl adjacent to an activating group) is 1. The number of carbonyl (C=O) groups is 2. The molecule has 1 amide bonds. The fourth-order valence-corrected chi connectivity index (χ4v) is 2.72. The molecule has 2 rings (SSSR count). The van der Waals surface area contributed by atoms with Gasteiger partial charge in [-0.1, -0.05) is 41.9 Å². The molecule has 0 spiro atoms. The molecule has 0 aliphatic heterocycles. The highest BCUT2D eigenvalue weighted by Gasteiger charge is 2.27. The van der Waals surface area contributed by atoms with Crippen molar-refractivity contribution in [2.75, 3.05) is 20.4 Å². The number of hydrogen-bond donors (Lipinski definition) is 0. The second kappa shape index (κ2) is 8.22. The van der Waals surface area contributed by atoms with Crippen LogP contribution in [-0.2, 0) is 9.53 Å². The lowest BCUT2D eigenvalue weighted by molar-refractivity contribution is -0.138. The molecule has 0 N–H and O–H groups in total. The summed E-state index contributed by atoms with van der Waals surface area (Å²) in [5.41, 5.74) is 0.859. The molecular weight excluding hydrogens is 346 g/mol. The topological polar surface area (TPSA) is 46.6 Å². The summed E-state index contributed by atoms with van der Waals surface area (Å²) in [5.74, 6) is -0.938. The molecule has 4 nitrogen and oxygen atoms in total. The van der Waals surface area contributed by atoms with Gasteiger partial charge in [-0.25, -0.2) is 4.79 Å². The third kappa shape index (κ3) is 4.30. The van der Waals surface area contributed by atoms with Crippen LogP contribution in [0.5, 0.6) is 0 Å². The van der Waals surface area contributed by atoms with Gasteiger partial charge in [0, 0.05) is 24.6 Å². The van der Waals surface area contributed by atoms with E-state index in [4.69, 9.17) is 16.3 Å². The van der Waals surface area contributed by atoms with E-state index in [9.17, 15) is 9.59 Å². The molecule has 0 bridgehead atoms. The number of rotatable bonds is 5. The molecular formula is C18H18ClNO3S. The largest absolute Gasteiger partial charge is 0.444 e. The summed E-state index contributed by atoms with van der Waals surface area (Å²) in [7, 11) is 3.24. The van der Waals surface area contributed by atoms with Gasteiger partial charge in [0.05, 0.1) is 10.6 Å². The van der Waals surface area contributed by atoms with Gasteiger partial charge in [-0.05, 0) is 24.5 Å². The van der Waals surface area contributed by atoms with Gasteiger partial charge >= 0.3 is 5.97 Å². The van der Waals surface area contributed by atoms with E-state index in [2.05, 4.69) is 0 Å². The minimum absolute atomic E-state index is 0.246. The number of hydrogen-bond acceptors (Lipinski definition) is 4. The second-order valence-corrected chi connectivity index (χ2v) is 6.56. The highest BCUT2D eigenvalue weighted by Crippen LogP contribution is 2.27. The lowest BCUT2D eigenvalue weighted by atomic mass is 10.1. The molecule has 0 unspecified atom stereocenters. The zero-order valence-electron chi connectivity index (χ0n) is 13.7. The normalized spacial score (nSPS) is 11.7. The molecule has 2 aromatic carbocycles. The first-order valence-electron chi connectivity index (χ1n) is 7.24. The van der Waals surface area contributed by atoms with Crippen molar-refractivity contribution < 1.29 is 14.3 Å². The molecule has 0 heterocycles. The van der Waals surface area contributed by atoms with Crippen LogP contribution in [0.15, 0.2) is 53.4 Å². The molecule has 2 aromatic rings. The fraction of sp³-hybridized carbons (Fsp3) is 0.222. The molecule has 24 heavy (non-hydrogen) atoms. The fourth-order valence-electron chi connectivity index (χ4n) is 2.08. The van der Waals surface area contributed by atoms with Crippen LogP contribution in [0.2, 0.25) is 5.02 Å². The number of halogens is 1. The first-order chi connectivity index (χ1) is 11.4. The van der Waals surface area contributed by atoms with E-state index >= 15 is 0 Å². The maximum absolute atomic E-state index is 12.6. The Bertz CT molecular complexity index is 734. The minimum Gasteiger partial charge on any atom is -0.444 e. The number of benzene rings is 2. The van der Waals surface area contributed by atoms with Crippen molar-refractivity contribution >= 4 is 35.2 Å². The maximum Gasteiger partial charge on any atom is 0.340 e. The van der Waals surface area contributed by atoms with Crippen molar-refractivity contribution in [3.8, 4) is 0 Å². The van der Waals surface area contributed by atoms with Crippen LogP contribution in [0.25, 0.3) is 0 Å². The molecule has 0 aromatic heterocycles. The predicted molar refractivity (Wildman–Crippen MR) is 96.5 cm³/mol. The number of ether oxygens (including phenoxy) is 1. The Balaban J connectivity index is 2.33. The summed E-state index contributed by atoms with van der Waals surface area (Å²) in [5, 5.41) is 0.293. The summed E-state index contributed by atoms with van der Waals surface area (Å²) in [4.78, 5) is 27.3. The van der Waals surface area contributed by atoms with E-state index in [1.807, 2.05) is 18.4 Å². The zero-order valence-corrected chi connectivity index (χ0v) is 15.2. The van der Waals surface area contributed by atoms with Crippen LogP contribution in [0.3, 0.4) is 0 Å². The number of carbonyl (C=O) groups excluding carboxylic acids is 2.